The molecule has 1 atom stereocenters. The minimum absolute atomic E-state index is 0.0214. The summed E-state index contributed by atoms with van der Waals surface area (Å²) in [5, 5.41) is 1.35. The molecule has 0 aliphatic carbocycles. The second-order valence-corrected chi connectivity index (χ2v) is 7.67. The molecule has 0 bridgehead atoms. The first-order valence-electron chi connectivity index (χ1n) is 7.97. The first-order valence-corrected chi connectivity index (χ1v) is 9.75. The van der Waals surface area contributed by atoms with Crippen molar-refractivity contribution in [1.29, 1.82) is 0 Å². The lowest BCUT2D eigenvalue weighted by Crippen LogP contribution is -2.28. The van der Waals surface area contributed by atoms with Gasteiger partial charge in [0.2, 0.25) is 0 Å². The number of thioether (sulfide) groups is 1. The van der Waals surface area contributed by atoms with Gasteiger partial charge in [-0.1, -0.05) is 52.0 Å². The Bertz CT molecular complexity index is 942. The van der Waals surface area contributed by atoms with Gasteiger partial charge in [-0.15, -0.1) is 0 Å². The lowest BCUT2D eigenvalue weighted by molar-refractivity contribution is 0.156. The number of halogens is 1. The summed E-state index contributed by atoms with van der Waals surface area (Å²) >= 11 is 5.06. The molecule has 4 nitrogen and oxygen atoms in total. The molecule has 25 heavy (non-hydrogen) atoms. The molecule has 2 aromatic carbocycles. The molecule has 0 aliphatic heterocycles. The van der Waals surface area contributed by atoms with Gasteiger partial charge in [0.1, 0.15) is 0 Å². The topological polar surface area (TPSA) is 44.1 Å². The van der Waals surface area contributed by atoms with Crippen LogP contribution < -0.4 is 5.56 Å². The maximum Gasteiger partial charge on any atom is 0.262 e. The van der Waals surface area contributed by atoms with Crippen molar-refractivity contribution < 1.29 is 4.74 Å². The van der Waals surface area contributed by atoms with Gasteiger partial charge in [0.15, 0.2) is 5.16 Å². The number of benzene rings is 2. The molecule has 3 aromatic rings. The van der Waals surface area contributed by atoms with Crippen LogP contribution in [0.4, 0.5) is 0 Å². The van der Waals surface area contributed by atoms with Gasteiger partial charge in [-0.05, 0) is 36.8 Å². The number of rotatable bonds is 6. The highest BCUT2D eigenvalue weighted by molar-refractivity contribution is 9.10. The van der Waals surface area contributed by atoms with Crippen molar-refractivity contribution in [3.8, 4) is 0 Å². The first-order chi connectivity index (χ1) is 12.1. The largest absolute Gasteiger partial charge is 0.383 e. The predicted molar refractivity (Wildman–Crippen MR) is 106 cm³/mol. The van der Waals surface area contributed by atoms with E-state index in [0.717, 1.165) is 15.7 Å². The molecule has 0 spiro atoms. The van der Waals surface area contributed by atoms with Crippen LogP contribution in [0.5, 0.6) is 0 Å². The Morgan fingerprint density at radius 1 is 1.24 bits per heavy atom. The molecule has 0 radical (unpaired) electrons. The Morgan fingerprint density at radius 3 is 2.80 bits per heavy atom. The van der Waals surface area contributed by atoms with E-state index in [9.17, 15) is 4.79 Å². The fourth-order valence-electron chi connectivity index (χ4n) is 2.71. The van der Waals surface area contributed by atoms with Crippen molar-refractivity contribution >= 4 is 38.6 Å². The molecule has 0 fully saturated rings. The number of ether oxygens (including phenoxy) is 1. The van der Waals surface area contributed by atoms with Gasteiger partial charge >= 0.3 is 0 Å². The summed E-state index contributed by atoms with van der Waals surface area (Å²) in [5.41, 5.74) is 1.88. The summed E-state index contributed by atoms with van der Waals surface area (Å²) in [6.07, 6.45) is 0. The fraction of sp³-hybridized carbons (Fsp3) is 0.263. The van der Waals surface area contributed by atoms with Gasteiger partial charge in [-0.2, -0.15) is 0 Å². The van der Waals surface area contributed by atoms with E-state index in [1.165, 1.54) is 5.56 Å². The molecule has 1 heterocycles. The molecule has 0 aliphatic rings. The van der Waals surface area contributed by atoms with Crippen molar-refractivity contribution in [2.75, 3.05) is 13.7 Å². The number of hydrogen-bond acceptors (Lipinski definition) is 4. The maximum absolute atomic E-state index is 13.0. The van der Waals surface area contributed by atoms with Gasteiger partial charge in [-0.3, -0.25) is 9.36 Å². The van der Waals surface area contributed by atoms with E-state index >= 15 is 0 Å². The molecule has 0 amide bonds. The summed E-state index contributed by atoms with van der Waals surface area (Å²) in [6.45, 7) is 2.44. The van der Waals surface area contributed by atoms with E-state index in [-0.39, 0.29) is 11.6 Å². The summed E-state index contributed by atoms with van der Waals surface area (Å²) < 4.78 is 8.04. The Hall–Kier alpha value is -1.63. The Labute approximate surface area is 159 Å². The van der Waals surface area contributed by atoms with E-state index in [1.807, 2.05) is 43.3 Å². The van der Waals surface area contributed by atoms with Crippen LogP contribution >= 0.6 is 27.7 Å². The van der Waals surface area contributed by atoms with Crippen LogP contribution in [0.3, 0.4) is 0 Å². The fourth-order valence-corrected chi connectivity index (χ4v) is 4.19. The van der Waals surface area contributed by atoms with Crippen LogP contribution in [-0.4, -0.2) is 23.3 Å². The van der Waals surface area contributed by atoms with Crippen LogP contribution in [0, 0.1) is 0 Å². The van der Waals surface area contributed by atoms with Gasteiger partial charge in [-0.25, -0.2) is 4.98 Å². The minimum atomic E-state index is -0.0837. The average molecular weight is 419 g/mol. The number of aromatic nitrogens is 2. The van der Waals surface area contributed by atoms with Crippen LogP contribution in [-0.2, 0) is 10.5 Å². The van der Waals surface area contributed by atoms with Crippen LogP contribution in [0.15, 0.2) is 63.0 Å². The first kappa shape index (κ1) is 18.2. The predicted octanol–water partition coefficient (Wildman–Crippen LogP) is 4.66. The van der Waals surface area contributed by atoms with E-state index in [0.29, 0.717) is 17.1 Å². The lowest BCUT2D eigenvalue weighted by Gasteiger charge is -2.19. The zero-order valence-corrected chi connectivity index (χ0v) is 16.5. The molecule has 1 unspecified atom stereocenters. The summed E-state index contributed by atoms with van der Waals surface area (Å²) in [4.78, 5) is 17.7. The third kappa shape index (κ3) is 4.14. The van der Waals surface area contributed by atoms with Gasteiger partial charge in [0.05, 0.1) is 23.6 Å². The molecular formula is C19H19BrN2O2S. The third-order valence-electron chi connectivity index (χ3n) is 3.88. The van der Waals surface area contributed by atoms with E-state index in [4.69, 9.17) is 9.72 Å². The summed E-state index contributed by atoms with van der Waals surface area (Å²) in [5.74, 6) is 0.740. The van der Waals surface area contributed by atoms with E-state index in [2.05, 4.69) is 28.1 Å². The van der Waals surface area contributed by atoms with Crippen LogP contribution in [0.2, 0.25) is 0 Å². The molecule has 0 saturated carbocycles. The Morgan fingerprint density at radius 2 is 2.04 bits per heavy atom. The van der Waals surface area contributed by atoms with Gasteiger partial charge in [0, 0.05) is 17.3 Å². The second-order valence-electron chi connectivity index (χ2n) is 5.81. The summed E-state index contributed by atoms with van der Waals surface area (Å²) in [6, 6.07) is 15.5. The number of hydrogen-bond donors (Lipinski definition) is 0. The van der Waals surface area contributed by atoms with Crippen LogP contribution in [0.25, 0.3) is 10.9 Å². The number of para-hydroxylation sites is 1. The zero-order chi connectivity index (χ0) is 17.8. The normalized spacial score (nSPS) is 12.4. The lowest BCUT2D eigenvalue weighted by atomic mass is 10.2. The van der Waals surface area contributed by atoms with Crippen LogP contribution in [0.1, 0.15) is 18.5 Å². The van der Waals surface area contributed by atoms with Gasteiger partial charge < -0.3 is 4.74 Å². The van der Waals surface area contributed by atoms with Crippen molar-refractivity contribution in [3.05, 3.63) is 68.9 Å². The molecule has 0 saturated heterocycles. The van der Waals surface area contributed by atoms with E-state index < -0.39 is 0 Å². The third-order valence-corrected chi connectivity index (χ3v) is 5.40. The maximum atomic E-state index is 13.0. The second kappa shape index (κ2) is 8.17. The average Bonchev–Trinajstić information content (AvgIpc) is 2.60. The highest BCUT2D eigenvalue weighted by Gasteiger charge is 2.16. The summed E-state index contributed by atoms with van der Waals surface area (Å²) in [7, 11) is 1.64. The Balaban J connectivity index is 2.02. The molecule has 6 heteroatoms. The standard InChI is InChI=1S/C19H19BrN2O2S/c1-13(11-24-2)22-18(23)16-8-3-4-9-17(16)21-19(22)25-12-14-6-5-7-15(20)10-14/h3-10,13H,11-12H2,1-2H3. The van der Waals surface area contributed by atoms with Gasteiger partial charge in [0.25, 0.3) is 5.56 Å². The minimum Gasteiger partial charge on any atom is -0.383 e. The Kier molecular flexibility index (Phi) is 5.93. The molecule has 1 aromatic heterocycles. The smallest absolute Gasteiger partial charge is 0.262 e. The zero-order valence-electron chi connectivity index (χ0n) is 14.1. The van der Waals surface area contributed by atoms with Crippen molar-refractivity contribution in [3.63, 3.8) is 0 Å². The number of fused-ring (bicyclic) bond motifs is 1. The number of nitrogens with zero attached hydrogens (tertiary/aromatic N) is 2. The van der Waals surface area contributed by atoms with Crippen molar-refractivity contribution in [2.45, 2.75) is 23.9 Å². The molecular weight excluding hydrogens is 400 g/mol. The van der Waals surface area contributed by atoms with E-state index in [1.54, 1.807) is 23.4 Å². The molecule has 0 N–H and O–H groups in total. The highest BCUT2D eigenvalue weighted by Crippen LogP contribution is 2.25. The van der Waals surface area contributed by atoms with Crippen molar-refractivity contribution in [2.24, 2.45) is 0 Å². The SMILES string of the molecule is COCC(C)n1c(SCc2cccc(Br)c2)nc2ccccc2c1=O. The molecule has 130 valence electrons. The quantitative estimate of drug-likeness (QED) is 0.431. The molecule has 3 rings (SSSR count). The highest BCUT2D eigenvalue weighted by atomic mass is 79.9. The number of methoxy groups -OCH3 is 1. The monoisotopic (exact) mass is 418 g/mol. The van der Waals surface area contributed by atoms with Crippen molar-refractivity contribution in [1.82, 2.24) is 9.55 Å².